The van der Waals surface area contributed by atoms with Crippen LogP contribution in [0.2, 0.25) is 0 Å². The summed E-state index contributed by atoms with van der Waals surface area (Å²) >= 11 is 0. The lowest BCUT2D eigenvalue weighted by Crippen LogP contribution is -2.28. The molecule has 0 aromatic heterocycles. The van der Waals surface area contributed by atoms with Crippen molar-refractivity contribution in [2.24, 2.45) is 0 Å². The summed E-state index contributed by atoms with van der Waals surface area (Å²) in [5, 5.41) is 11.1. The van der Waals surface area contributed by atoms with Crippen molar-refractivity contribution in [2.45, 2.75) is 13.3 Å². The van der Waals surface area contributed by atoms with Crippen LogP contribution in [0.4, 0.5) is 0 Å². The number of amides is 1. The summed E-state index contributed by atoms with van der Waals surface area (Å²) in [4.78, 5) is 11.1. The van der Waals surface area contributed by atoms with Gasteiger partial charge in [-0.1, -0.05) is 12.1 Å². The van der Waals surface area contributed by atoms with Gasteiger partial charge in [-0.15, -0.1) is 0 Å². The number of ether oxygens (including phenoxy) is 1. The van der Waals surface area contributed by atoms with E-state index in [9.17, 15) is 4.79 Å². The van der Waals surface area contributed by atoms with Crippen molar-refractivity contribution in [3.05, 3.63) is 29.8 Å². The fourth-order valence-electron chi connectivity index (χ4n) is 1.19. The fraction of sp³-hybridized carbons (Fsp3) is 0.333. The number of benzene rings is 1. The van der Waals surface area contributed by atoms with E-state index < -0.39 is 0 Å². The summed E-state index contributed by atoms with van der Waals surface area (Å²) in [6.07, 6.45) is 0.386. The second kappa shape index (κ2) is 6.46. The van der Waals surface area contributed by atoms with Crippen LogP contribution in [0.3, 0.4) is 0 Å². The maximum absolute atomic E-state index is 11.1. The first-order chi connectivity index (χ1) is 7.76. The molecule has 0 aliphatic heterocycles. The summed E-state index contributed by atoms with van der Waals surface area (Å²) in [6, 6.07) is 9.21. The van der Waals surface area contributed by atoms with Gasteiger partial charge in [0, 0.05) is 6.54 Å². The minimum Gasteiger partial charge on any atom is -0.484 e. The molecule has 1 aromatic carbocycles. The monoisotopic (exact) mass is 218 g/mol. The highest BCUT2D eigenvalue weighted by atomic mass is 16.5. The van der Waals surface area contributed by atoms with E-state index in [-0.39, 0.29) is 12.5 Å². The molecule has 0 fully saturated rings. The zero-order chi connectivity index (χ0) is 11.8. The van der Waals surface area contributed by atoms with Crippen LogP contribution in [0.25, 0.3) is 0 Å². The number of likely N-dealkylation sites (N-methyl/N-ethyl adjacent to an activating group) is 1. The zero-order valence-corrected chi connectivity index (χ0v) is 9.19. The van der Waals surface area contributed by atoms with E-state index in [2.05, 4.69) is 11.4 Å². The lowest BCUT2D eigenvalue weighted by atomic mass is 10.2. The van der Waals surface area contributed by atoms with Gasteiger partial charge in [-0.25, -0.2) is 0 Å². The SMILES string of the molecule is CCNC(=O)COc1ccc(CC#N)cc1. The molecular weight excluding hydrogens is 204 g/mol. The number of rotatable bonds is 5. The highest BCUT2D eigenvalue weighted by Gasteiger charge is 2.00. The molecule has 84 valence electrons. The molecule has 16 heavy (non-hydrogen) atoms. The summed E-state index contributed by atoms with van der Waals surface area (Å²) < 4.78 is 5.26. The average Bonchev–Trinajstić information content (AvgIpc) is 2.29. The normalized spacial score (nSPS) is 9.25. The minimum atomic E-state index is -0.136. The van der Waals surface area contributed by atoms with Gasteiger partial charge in [-0.3, -0.25) is 4.79 Å². The molecule has 0 aliphatic carbocycles. The van der Waals surface area contributed by atoms with Crippen molar-refractivity contribution in [3.63, 3.8) is 0 Å². The smallest absolute Gasteiger partial charge is 0.257 e. The fourth-order valence-corrected chi connectivity index (χ4v) is 1.19. The number of nitrogens with zero attached hydrogens (tertiary/aromatic N) is 1. The second-order valence-corrected chi connectivity index (χ2v) is 3.22. The quantitative estimate of drug-likeness (QED) is 0.809. The van der Waals surface area contributed by atoms with E-state index >= 15 is 0 Å². The molecule has 4 nitrogen and oxygen atoms in total. The molecule has 0 radical (unpaired) electrons. The van der Waals surface area contributed by atoms with Crippen molar-refractivity contribution in [1.29, 1.82) is 5.26 Å². The molecular formula is C12H14N2O2. The van der Waals surface area contributed by atoms with Crippen LogP contribution in [-0.2, 0) is 11.2 Å². The number of nitrogens with one attached hydrogen (secondary N) is 1. The summed E-state index contributed by atoms with van der Waals surface area (Å²) in [5.74, 6) is 0.497. The van der Waals surface area contributed by atoms with Crippen molar-refractivity contribution in [3.8, 4) is 11.8 Å². The second-order valence-electron chi connectivity index (χ2n) is 3.22. The molecule has 0 heterocycles. The third-order valence-electron chi connectivity index (χ3n) is 1.95. The Morgan fingerprint density at radius 2 is 2.12 bits per heavy atom. The Hall–Kier alpha value is -2.02. The van der Waals surface area contributed by atoms with Crippen molar-refractivity contribution >= 4 is 5.91 Å². The molecule has 1 rings (SSSR count). The summed E-state index contributed by atoms with van der Waals surface area (Å²) in [7, 11) is 0. The van der Waals surface area contributed by atoms with Crippen LogP contribution in [0.5, 0.6) is 5.75 Å². The highest BCUT2D eigenvalue weighted by Crippen LogP contribution is 2.12. The van der Waals surface area contributed by atoms with E-state index in [1.54, 1.807) is 12.1 Å². The van der Waals surface area contributed by atoms with Gasteiger partial charge in [-0.2, -0.15) is 5.26 Å². The molecule has 0 saturated carbocycles. The van der Waals surface area contributed by atoms with Gasteiger partial charge in [0.2, 0.25) is 0 Å². The Balaban J connectivity index is 2.43. The van der Waals surface area contributed by atoms with E-state index in [1.807, 2.05) is 19.1 Å². The molecule has 1 amide bonds. The third-order valence-corrected chi connectivity index (χ3v) is 1.95. The standard InChI is InChI=1S/C12H14N2O2/c1-2-14-12(15)9-16-11-5-3-10(4-6-11)7-8-13/h3-6H,2,7,9H2,1H3,(H,14,15). The molecule has 0 bridgehead atoms. The van der Waals surface area contributed by atoms with Crippen LogP contribution >= 0.6 is 0 Å². The van der Waals surface area contributed by atoms with E-state index in [0.717, 1.165) is 5.56 Å². The largest absolute Gasteiger partial charge is 0.484 e. The first kappa shape index (κ1) is 12.1. The predicted octanol–water partition coefficient (Wildman–Crippen LogP) is 1.27. The first-order valence-electron chi connectivity index (χ1n) is 5.11. The van der Waals surface area contributed by atoms with Crippen LogP contribution in [0.15, 0.2) is 24.3 Å². The third kappa shape index (κ3) is 4.01. The van der Waals surface area contributed by atoms with Gasteiger partial charge in [0.25, 0.3) is 5.91 Å². The highest BCUT2D eigenvalue weighted by molar-refractivity contribution is 5.77. The van der Waals surface area contributed by atoms with E-state index in [1.165, 1.54) is 0 Å². The Bertz CT molecular complexity index is 379. The molecule has 1 N–H and O–H groups in total. The Labute approximate surface area is 94.8 Å². The van der Waals surface area contributed by atoms with Crippen LogP contribution < -0.4 is 10.1 Å². The van der Waals surface area contributed by atoms with Gasteiger partial charge in [0.05, 0.1) is 12.5 Å². The van der Waals surface area contributed by atoms with E-state index in [4.69, 9.17) is 10.00 Å². The number of nitriles is 1. The molecule has 0 aliphatic rings. The molecule has 0 unspecified atom stereocenters. The lowest BCUT2D eigenvalue weighted by molar-refractivity contribution is -0.122. The maximum Gasteiger partial charge on any atom is 0.257 e. The summed E-state index contributed by atoms with van der Waals surface area (Å²) in [5.41, 5.74) is 0.938. The van der Waals surface area contributed by atoms with Gasteiger partial charge < -0.3 is 10.1 Å². The van der Waals surface area contributed by atoms with Crippen molar-refractivity contribution in [2.75, 3.05) is 13.2 Å². The van der Waals surface area contributed by atoms with Crippen LogP contribution in [0, 0.1) is 11.3 Å². The maximum atomic E-state index is 11.1. The number of carbonyl (C=O) groups is 1. The predicted molar refractivity (Wildman–Crippen MR) is 59.9 cm³/mol. The van der Waals surface area contributed by atoms with Crippen LogP contribution in [0.1, 0.15) is 12.5 Å². The topological polar surface area (TPSA) is 62.1 Å². The van der Waals surface area contributed by atoms with Crippen molar-refractivity contribution < 1.29 is 9.53 Å². The van der Waals surface area contributed by atoms with Gasteiger partial charge in [0.15, 0.2) is 6.61 Å². The van der Waals surface area contributed by atoms with E-state index in [0.29, 0.717) is 18.7 Å². The van der Waals surface area contributed by atoms with Gasteiger partial charge in [-0.05, 0) is 24.6 Å². The van der Waals surface area contributed by atoms with Gasteiger partial charge in [0.1, 0.15) is 5.75 Å². The van der Waals surface area contributed by atoms with Crippen LogP contribution in [-0.4, -0.2) is 19.1 Å². The Morgan fingerprint density at radius 1 is 1.44 bits per heavy atom. The molecule has 1 aromatic rings. The average molecular weight is 218 g/mol. The minimum absolute atomic E-state index is 0.0193. The molecule has 0 atom stereocenters. The first-order valence-corrected chi connectivity index (χ1v) is 5.11. The number of carbonyl (C=O) groups excluding carboxylic acids is 1. The zero-order valence-electron chi connectivity index (χ0n) is 9.19. The number of hydrogen-bond donors (Lipinski definition) is 1. The lowest BCUT2D eigenvalue weighted by Gasteiger charge is -2.06. The summed E-state index contributed by atoms with van der Waals surface area (Å²) in [6.45, 7) is 2.48. The molecule has 0 saturated heterocycles. The Morgan fingerprint density at radius 3 is 2.69 bits per heavy atom. The Kier molecular flexibility index (Phi) is 4.87. The number of hydrogen-bond acceptors (Lipinski definition) is 3. The van der Waals surface area contributed by atoms with Crippen molar-refractivity contribution in [1.82, 2.24) is 5.32 Å². The molecule has 4 heteroatoms. The molecule has 0 spiro atoms. The van der Waals surface area contributed by atoms with Gasteiger partial charge >= 0.3 is 0 Å².